The average molecular weight is 611 g/mol. The minimum atomic E-state index is -2.34. The average Bonchev–Trinajstić information content (AvgIpc) is 2.88. The number of benzene rings is 1. The summed E-state index contributed by atoms with van der Waals surface area (Å²) in [6.07, 6.45) is -7.21. The van der Waals surface area contributed by atoms with Crippen LogP contribution in [0.5, 0.6) is 5.75 Å². The van der Waals surface area contributed by atoms with Crippen molar-refractivity contribution in [2.75, 3.05) is 13.2 Å². The molecule has 1 saturated heterocycles. The first-order chi connectivity index (χ1) is 20.1. The fourth-order valence-electron chi connectivity index (χ4n) is 4.75. The predicted octanol–water partition coefficient (Wildman–Crippen LogP) is 3.67. The molecule has 43 heavy (non-hydrogen) atoms. The topological polar surface area (TPSA) is 170 Å². The smallest absolute Gasteiger partial charge is 0.463 e. The number of ether oxygens (including phenoxy) is 7. The number of esters is 4. The highest BCUT2D eigenvalue weighted by Crippen LogP contribution is 2.38. The summed E-state index contributed by atoms with van der Waals surface area (Å²) in [5, 5.41) is 11.6. The fraction of sp³-hybridized carbons (Fsp3) is 0.633. The molecule has 1 aliphatic rings. The summed E-state index contributed by atoms with van der Waals surface area (Å²) < 4.78 is 37.7. The monoisotopic (exact) mass is 610 g/mol. The molecule has 240 valence electrons. The molecule has 0 radical (unpaired) electrons. The Kier molecular flexibility index (Phi) is 12.9. The molecule has 0 bridgehead atoms. The highest BCUT2D eigenvalue weighted by atomic mass is 16.7. The molecule has 2 rings (SSSR count). The molecule has 0 saturated carbocycles. The van der Waals surface area contributed by atoms with E-state index in [0.29, 0.717) is 5.75 Å². The maximum Gasteiger partial charge on any atom is 0.513 e. The van der Waals surface area contributed by atoms with Crippen LogP contribution in [0.3, 0.4) is 0 Å². The van der Waals surface area contributed by atoms with Crippen LogP contribution < -0.4 is 4.74 Å². The van der Waals surface area contributed by atoms with E-state index in [-0.39, 0.29) is 31.3 Å². The SMILES string of the molecule is CC(=O)OC[C@H]1O[C@@](O)(CCCOC(=O)Oc2c(C(C)C)cccc2C(C)C)[C@H](OC(C)=O)[C@@H](OC(C)=O)[C@@H]1OC(C)=O. The van der Waals surface area contributed by atoms with Gasteiger partial charge in [0, 0.05) is 34.1 Å². The third-order valence-corrected chi connectivity index (χ3v) is 6.54. The number of carbonyl (C=O) groups is 5. The van der Waals surface area contributed by atoms with E-state index in [0.717, 1.165) is 38.8 Å². The van der Waals surface area contributed by atoms with Crippen LogP contribution in [-0.4, -0.2) is 78.6 Å². The molecule has 5 atom stereocenters. The summed E-state index contributed by atoms with van der Waals surface area (Å²) in [6, 6.07) is 5.65. The molecular formula is C30H42O13. The Morgan fingerprint density at radius 1 is 0.814 bits per heavy atom. The highest BCUT2D eigenvalue weighted by molar-refractivity contribution is 5.69. The Hall–Kier alpha value is -3.71. The molecule has 13 nitrogen and oxygen atoms in total. The van der Waals surface area contributed by atoms with E-state index in [2.05, 4.69) is 0 Å². The van der Waals surface area contributed by atoms with Crippen molar-refractivity contribution in [3.05, 3.63) is 29.3 Å². The predicted molar refractivity (Wildman–Crippen MR) is 149 cm³/mol. The van der Waals surface area contributed by atoms with Gasteiger partial charge in [0.2, 0.25) is 5.79 Å². The van der Waals surface area contributed by atoms with E-state index in [9.17, 15) is 29.1 Å². The second-order valence-electron chi connectivity index (χ2n) is 10.9. The van der Waals surface area contributed by atoms with Crippen LogP contribution in [0.25, 0.3) is 0 Å². The van der Waals surface area contributed by atoms with Gasteiger partial charge in [0.15, 0.2) is 18.3 Å². The van der Waals surface area contributed by atoms with Gasteiger partial charge >= 0.3 is 30.0 Å². The lowest BCUT2D eigenvalue weighted by Gasteiger charge is -2.48. The lowest BCUT2D eigenvalue weighted by molar-refractivity contribution is -0.354. The first kappa shape index (κ1) is 35.5. The van der Waals surface area contributed by atoms with Crippen molar-refractivity contribution in [3.8, 4) is 5.75 Å². The molecule has 1 aromatic rings. The van der Waals surface area contributed by atoms with Gasteiger partial charge in [0.1, 0.15) is 18.5 Å². The van der Waals surface area contributed by atoms with Gasteiger partial charge < -0.3 is 38.3 Å². The normalized spacial score (nSPS) is 23.3. The van der Waals surface area contributed by atoms with E-state index in [1.165, 1.54) is 0 Å². The number of hydrogen-bond acceptors (Lipinski definition) is 13. The lowest BCUT2D eigenvalue weighted by Crippen LogP contribution is -2.68. The molecule has 1 heterocycles. The van der Waals surface area contributed by atoms with Crippen molar-refractivity contribution in [1.82, 2.24) is 0 Å². The summed E-state index contributed by atoms with van der Waals surface area (Å²) in [4.78, 5) is 60.0. The fourth-order valence-corrected chi connectivity index (χ4v) is 4.75. The van der Waals surface area contributed by atoms with Gasteiger partial charge in [-0.25, -0.2) is 4.79 Å². The molecule has 0 amide bonds. The van der Waals surface area contributed by atoms with E-state index in [4.69, 9.17) is 33.2 Å². The minimum Gasteiger partial charge on any atom is -0.463 e. The standard InChI is InChI=1S/C30H42O13/c1-16(2)22-11-9-12-23(17(3)4)25(22)42-29(35)37-14-10-13-30(36)28(41-21(8)34)27(40-20(7)33)26(39-19(6)32)24(43-30)15-38-18(5)31/h9,11-12,16-17,24,26-28,36H,10,13-15H2,1-8H3/t24-,26-,27+,28-,30+/m1/s1. The molecule has 1 N–H and O–H groups in total. The Morgan fingerprint density at radius 3 is 1.84 bits per heavy atom. The van der Waals surface area contributed by atoms with Gasteiger partial charge in [-0.15, -0.1) is 0 Å². The van der Waals surface area contributed by atoms with Crippen LogP contribution in [0.4, 0.5) is 4.79 Å². The van der Waals surface area contributed by atoms with Gasteiger partial charge in [-0.3, -0.25) is 19.2 Å². The highest BCUT2D eigenvalue weighted by Gasteiger charge is 2.59. The number of carbonyl (C=O) groups excluding carboxylic acids is 5. The Morgan fingerprint density at radius 2 is 1.35 bits per heavy atom. The van der Waals surface area contributed by atoms with Crippen molar-refractivity contribution in [2.45, 2.75) is 110 Å². The van der Waals surface area contributed by atoms with Crippen molar-refractivity contribution in [1.29, 1.82) is 0 Å². The number of aliphatic hydroxyl groups is 1. The van der Waals surface area contributed by atoms with Crippen molar-refractivity contribution in [3.63, 3.8) is 0 Å². The molecule has 0 spiro atoms. The lowest BCUT2D eigenvalue weighted by atomic mass is 9.89. The zero-order chi connectivity index (χ0) is 32.5. The zero-order valence-electron chi connectivity index (χ0n) is 25.9. The summed E-state index contributed by atoms with van der Waals surface area (Å²) in [6.45, 7) is 11.6. The number of hydrogen-bond donors (Lipinski definition) is 1. The minimum absolute atomic E-state index is 0.0302. The van der Waals surface area contributed by atoms with Crippen molar-refractivity contribution >= 4 is 30.0 Å². The largest absolute Gasteiger partial charge is 0.513 e. The zero-order valence-corrected chi connectivity index (χ0v) is 25.9. The summed E-state index contributed by atoms with van der Waals surface area (Å²) in [5.74, 6) is -4.91. The van der Waals surface area contributed by atoms with Gasteiger partial charge in [-0.05, 0) is 29.4 Å². The second kappa shape index (κ2) is 15.7. The third kappa shape index (κ3) is 10.2. The number of rotatable bonds is 12. The first-order valence-electron chi connectivity index (χ1n) is 14.1. The van der Waals surface area contributed by atoms with Crippen LogP contribution >= 0.6 is 0 Å². The Balaban J connectivity index is 2.26. The number of para-hydroxylation sites is 1. The van der Waals surface area contributed by atoms with Crippen molar-refractivity contribution < 1.29 is 62.2 Å². The summed E-state index contributed by atoms with van der Waals surface area (Å²) in [7, 11) is 0. The van der Waals surface area contributed by atoms with Crippen molar-refractivity contribution in [2.24, 2.45) is 0 Å². The molecule has 1 aromatic carbocycles. The molecule has 1 fully saturated rings. The maximum atomic E-state index is 12.7. The van der Waals surface area contributed by atoms with Gasteiger partial charge in [0.05, 0.1) is 6.61 Å². The molecular weight excluding hydrogens is 568 g/mol. The quantitative estimate of drug-likeness (QED) is 0.157. The maximum absolute atomic E-state index is 12.7. The van der Waals surface area contributed by atoms with E-state index >= 15 is 0 Å². The molecule has 13 heteroatoms. The van der Waals surface area contributed by atoms with Crippen LogP contribution in [0.1, 0.15) is 91.2 Å². The Bertz CT molecular complexity index is 1130. The van der Waals surface area contributed by atoms with Gasteiger partial charge in [-0.2, -0.15) is 0 Å². The Labute approximate surface area is 251 Å². The van der Waals surface area contributed by atoms with Gasteiger partial charge in [-0.1, -0.05) is 45.9 Å². The molecule has 0 aliphatic carbocycles. The van der Waals surface area contributed by atoms with E-state index < -0.39 is 66.8 Å². The molecule has 0 aromatic heterocycles. The van der Waals surface area contributed by atoms with Gasteiger partial charge in [0.25, 0.3) is 0 Å². The van der Waals surface area contributed by atoms with Crippen LogP contribution in [-0.2, 0) is 47.6 Å². The van der Waals surface area contributed by atoms with Crippen LogP contribution in [0.15, 0.2) is 18.2 Å². The summed E-state index contributed by atoms with van der Waals surface area (Å²) in [5.41, 5.74) is 1.69. The second-order valence-corrected chi connectivity index (χ2v) is 10.9. The van der Waals surface area contributed by atoms with E-state index in [1.54, 1.807) is 0 Å². The van der Waals surface area contributed by atoms with E-state index in [1.807, 2.05) is 45.9 Å². The molecule has 0 unspecified atom stereocenters. The molecule has 1 aliphatic heterocycles. The first-order valence-corrected chi connectivity index (χ1v) is 14.1. The van der Waals surface area contributed by atoms with Crippen LogP contribution in [0.2, 0.25) is 0 Å². The summed E-state index contributed by atoms with van der Waals surface area (Å²) >= 11 is 0. The third-order valence-electron chi connectivity index (χ3n) is 6.54. The van der Waals surface area contributed by atoms with Crippen LogP contribution in [0, 0.1) is 0 Å².